The third kappa shape index (κ3) is 10.6. The van der Waals surface area contributed by atoms with E-state index >= 15 is 0 Å². The fourth-order valence-corrected chi connectivity index (χ4v) is 3.40. The molecule has 0 aliphatic carbocycles. The van der Waals surface area contributed by atoms with Crippen molar-refractivity contribution in [3.63, 3.8) is 0 Å². The number of hydrogen-bond acceptors (Lipinski definition) is 1. The number of rotatable bonds is 5. The van der Waals surface area contributed by atoms with Gasteiger partial charge in [0, 0.05) is 6.61 Å². The Morgan fingerprint density at radius 1 is 0.885 bits per heavy atom. The van der Waals surface area contributed by atoms with Gasteiger partial charge in [-0.1, -0.05) is 41.0 Å². The van der Waals surface area contributed by atoms with Gasteiger partial charge in [0.15, 0.2) is 8.32 Å². The molecular formula is C21H34Cl2OSiZr. The summed E-state index contributed by atoms with van der Waals surface area (Å²) in [6.07, 6.45) is 2.30. The zero-order valence-corrected chi connectivity index (χ0v) is 22.6. The Labute approximate surface area is 194 Å². The summed E-state index contributed by atoms with van der Waals surface area (Å²) in [4.78, 5) is 0. The molecule has 2 aromatic carbocycles. The first-order valence-electron chi connectivity index (χ1n) is 8.67. The second-order valence-electron chi connectivity index (χ2n) is 7.48. The molecule has 2 aromatic rings. The summed E-state index contributed by atoms with van der Waals surface area (Å²) in [6, 6.07) is 8.53. The van der Waals surface area contributed by atoms with E-state index in [9.17, 15) is 0 Å². The zero-order chi connectivity index (χ0) is 17.6. The van der Waals surface area contributed by atoms with E-state index in [-0.39, 0.29) is 51.0 Å². The summed E-state index contributed by atoms with van der Waals surface area (Å²) in [7, 11) is -1.28. The second-order valence-corrected chi connectivity index (χ2v) is 12.0. The van der Waals surface area contributed by atoms with E-state index in [2.05, 4.69) is 78.5 Å². The molecule has 0 aliphatic rings. The quantitative estimate of drug-likeness (QED) is 0.328. The summed E-state index contributed by atoms with van der Waals surface area (Å²) in [5.41, 5.74) is 8.77. The first-order chi connectivity index (χ1) is 10.6. The minimum Gasteiger partial charge on any atom is -1.00 e. The molecule has 0 bridgehead atoms. The van der Waals surface area contributed by atoms with Gasteiger partial charge in [-0.3, -0.25) is 0 Å². The van der Waals surface area contributed by atoms with E-state index in [1.807, 2.05) is 0 Å². The van der Waals surface area contributed by atoms with Crippen LogP contribution < -0.4 is 24.8 Å². The van der Waals surface area contributed by atoms with Crippen molar-refractivity contribution in [2.75, 3.05) is 6.61 Å². The first kappa shape index (κ1) is 31.0. The van der Waals surface area contributed by atoms with E-state index in [0.717, 1.165) is 19.4 Å². The van der Waals surface area contributed by atoms with Gasteiger partial charge in [0.1, 0.15) is 0 Å². The Balaban J connectivity index is -0.000000374. The second kappa shape index (κ2) is 14.4. The molecule has 1 nitrogen and oxygen atoms in total. The zero-order valence-electron chi connectivity index (χ0n) is 17.6. The molecule has 0 saturated carbocycles. The van der Waals surface area contributed by atoms with Gasteiger partial charge < -0.3 is 29.2 Å². The van der Waals surface area contributed by atoms with Crippen LogP contribution >= 0.6 is 0 Å². The Morgan fingerprint density at radius 3 is 1.62 bits per heavy atom. The van der Waals surface area contributed by atoms with Gasteiger partial charge in [0.25, 0.3) is 0 Å². The maximum Gasteiger partial charge on any atom is 4.00 e. The molecule has 5 heteroatoms. The SMILES string of the molecule is C[Si](C)(C)OCCC[c-]1cccc1.Cc1c(C)c(C)[c-](C)c1C.[Cl-].[Cl-].[Zr+4]. The Hall–Kier alpha value is 0.340. The van der Waals surface area contributed by atoms with Crippen molar-refractivity contribution < 1.29 is 55.4 Å². The molecule has 0 atom stereocenters. The Kier molecular flexibility index (Phi) is 17.1. The van der Waals surface area contributed by atoms with Crippen LogP contribution in [-0.4, -0.2) is 14.9 Å². The van der Waals surface area contributed by atoms with Crippen molar-refractivity contribution in [2.45, 2.75) is 67.1 Å². The summed E-state index contributed by atoms with van der Waals surface area (Å²) in [5, 5.41) is 0. The van der Waals surface area contributed by atoms with Crippen LogP contribution in [0.2, 0.25) is 19.6 Å². The van der Waals surface area contributed by atoms with Gasteiger partial charge >= 0.3 is 26.2 Å². The predicted molar refractivity (Wildman–Crippen MR) is 105 cm³/mol. The molecule has 2 rings (SSSR count). The average molecular weight is 493 g/mol. The topological polar surface area (TPSA) is 9.23 Å². The minimum atomic E-state index is -1.28. The largest absolute Gasteiger partial charge is 4.00 e. The summed E-state index contributed by atoms with van der Waals surface area (Å²) in [5.74, 6) is 0. The molecule has 0 fully saturated rings. The molecular weight excluding hydrogens is 458 g/mol. The summed E-state index contributed by atoms with van der Waals surface area (Å²) in [6.45, 7) is 18.6. The molecule has 0 aromatic heterocycles. The van der Waals surface area contributed by atoms with Gasteiger partial charge in [0.05, 0.1) is 0 Å². The first-order valence-corrected chi connectivity index (χ1v) is 12.1. The van der Waals surface area contributed by atoms with Crippen LogP contribution in [0.3, 0.4) is 0 Å². The van der Waals surface area contributed by atoms with Crippen LogP contribution in [0.1, 0.15) is 39.8 Å². The smallest absolute Gasteiger partial charge is 1.00 e. The van der Waals surface area contributed by atoms with Crippen molar-refractivity contribution >= 4 is 8.32 Å². The molecule has 0 N–H and O–H groups in total. The molecule has 0 aliphatic heterocycles. The fourth-order valence-electron chi connectivity index (χ4n) is 2.64. The monoisotopic (exact) mass is 490 g/mol. The summed E-state index contributed by atoms with van der Waals surface area (Å²) >= 11 is 0. The molecule has 26 heavy (non-hydrogen) atoms. The van der Waals surface area contributed by atoms with Crippen LogP contribution in [0, 0.1) is 34.6 Å². The predicted octanol–water partition coefficient (Wildman–Crippen LogP) is 0.143. The Bertz CT molecular complexity index is 518. The van der Waals surface area contributed by atoms with Crippen molar-refractivity contribution in [2.24, 2.45) is 0 Å². The normalized spacial score (nSPS) is 10.0. The molecule has 146 valence electrons. The van der Waals surface area contributed by atoms with E-state index in [1.165, 1.54) is 33.4 Å². The number of halogens is 2. The average Bonchev–Trinajstić information content (AvgIpc) is 3.05. The van der Waals surface area contributed by atoms with Crippen LogP contribution in [0.15, 0.2) is 24.3 Å². The maximum atomic E-state index is 5.77. The maximum absolute atomic E-state index is 5.77. The van der Waals surface area contributed by atoms with E-state index in [1.54, 1.807) is 0 Å². The number of hydrogen-bond donors (Lipinski definition) is 0. The van der Waals surface area contributed by atoms with Crippen LogP contribution in [0.5, 0.6) is 0 Å². The van der Waals surface area contributed by atoms with E-state index < -0.39 is 8.32 Å². The van der Waals surface area contributed by atoms with Crippen molar-refractivity contribution in [3.8, 4) is 0 Å². The standard InChI is InChI=1S/C11H19OSi.C10H15.2ClH.Zr/c1-13(2,3)12-10-6-9-11-7-4-5-8-11;1-6-7(2)9(4)10(5)8(6)3;;;/h4-5,7-8H,6,9-10H2,1-3H3;1-5H3;2*1H;/q2*-1;;;+4/p-2. The van der Waals surface area contributed by atoms with Crippen molar-refractivity contribution in [1.29, 1.82) is 0 Å². The van der Waals surface area contributed by atoms with Gasteiger partial charge in [0.2, 0.25) is 0 Å². The third-order valence-electron chi connectivity index (χ3n) is 4.69. The molecule has 0 spiro atoms. The van der Waals surface area contributed by atoms with Crippen LogP contribution in [0.25, 0.3) is 0 Å². The van der Waals surface area contributed by atoms with E-state index in [4.69, 9.17) is 4.43 Å². The van der Waals surface area contributed by atoms with Gasteiger partial charge in [-0.15, -0.1) is 0 Å². The molecule has 0 saturated heterocycles. The molecule has 0 heterocycles. The van der Waals surface area contributed by atoms with Gasteiger partial charge in [-0.05, 0) is 26.1 Å². The van der Waals surface area contributed by atoms with Crippen LogP contribution in [-0.2, 0) is 37.1 Å². The van der Waals surface area contributed by atoms with E-state index in [0.29, 0.717) is 0 Å². The molecule has 0 unspecified atom stereocenters. The van der Waals surface area contributed by atoms with Gasteiger partial charge in [-0.2, -0.15) is 45.5 Å². The Morgan fingerprint density at radius 2 is 1.31 bits per heavy atom. The van der Waals surface area contributed by atoms with Crippen molar-refractivity contribution in [3.05, 3.63) is 57.6 Å². The molecule has 0 amide bonds. The third-order valence-corrected chi connectivity index (χ3v) is 5.76. The fraction of sp³-hybridized carbons (Fsp3) is 0.524. The van der Waals surface area contributed by atoms with Gasteiger partial charge in [-0.25, -0.2) is 12.1 Å². The van der Waals surface area contributed by atoms with Crippen LogP contribution in [0.4, 0.5) is 0 Å². The van der Waals surface area contributed by atoms with Crippen molar-refractivity contribution in [1.82, 2.24) is 0 Å². The summed E-state index contributed by atoms with van der Waals surface area (Å²) < 4.78 is 5.77. The minimum absolute atomic E-state index is 0. The molecule has 0 radical (unpaired) electrons. The number of aryl methyl sites for hydroxylation is 1.